The third-order valence-electron chi connectivity index (χ3n) is 3.36. The Morgan fingerprint density at radius 2 is 2.00 bits per heavy atom. The number of carbonyl (C=O) groups is 2. The van der Waals surface area contributed by atoms with E-state index < -0.39 is 11.6 Å². The molecule has 0 aliphatic carbocycles. The van der Waals surface area contributed by atoms with Crippen LogP contribution in [0.3, 0.4) is 0 Å². The first-order valence-corrected chi connectivity index (χ1v) is 7.21. The first-order chi connectivity index (χ1) is 9.37. The maximum Gasteiger partial charge on any atom is 0.328 e. The first kappa shape index (κ1) is 14.7. The predicted molar refractivity (Wildman–Crippen MR) is 76.8 cm³/mol. The second-order valence-corrected chi connectivity index (χ2v) is 6.28. The lowest BCUT2D eigenvalue weighted by Gasteiger charge is -2.35. The zero-order chi connectivity index (χ0) is 14.8. The van der Waals surface area contributed by atoms with Crippen LogP contribution in [-0.2, 0) is 4.79 Å². The lowest BCUT2D eigenvalue weighted by Crippen LogP contribution is -2.44. The summed E-state index contributed by atoms with van der Waals surface area (Å²) in [6.07, 6.45) is 3.69. The van der Waals surface area contributed by atoms with E-state index in [0.717, 1.165) is 11.0 Å². The zero-order valence-corrected chi connectivity index (χ0v) is 12.0. The normalized spacial score (nSPS) is 18.4. The molecule has 0 radical (unpaired) electrons. The van der Waals surface area contributed by atoms with Gasteiger partial charge in [0.15, 0.2) is 0 Å². The molecule has 6 heteroatoms. The summed E-state index contributed by atoms with van der Waals surface area (Å²) < 4.78 is 0. The van der Waals surface area contributed by atoms with Crippen molar-refractivity contribution in [3.8, 4) is 0 Å². The molecular weight excluding hydrogens is 278 g/mol. The average molecular weight is 295 g/mol. The molecule has 108 valence electrons. The van der Waals surface area contributed by atoms with E-state index in [1.54, 1.807) is 24.0 Å². The number of piperidine rings is 1. The smallest absolute Gasteiger partial charge is 0.328 e. The molecule has 0 unspecified atom stereocenters. The minimum atomic E-state index is -1.01. The Bertz CT molecular complexity index is 537. The summed E-state index contributed by atoms with van der Waals surface area (Å²) in [5.41, 5.74) is -0.679. The van der Waals surface area contributed by atoms with Crippen LogP contribution < -0.4 is 0 Å². The fraction of sp³-hybridized carbons (Fsp3) is 0.429. The Labute approximate surface area is 121 Å². The summed E-state index contributed by atoms with van der Waals surface area (Å²) in [6, 6.07) is 3.44. The molecule has 1 aliphatic rings. The zero-order valence-electron chi connectivity index (χ0n) is 11.2. The summed E-state index contributed by atoms with van der Waals surface area (Å²) in [5, 5.41) is 18.4. The lowest BCUT2D eigenvalue weighted by molar-refractivity contribution is -0.131. The Hall–Kier alpha value is -1.66. The number of aliphatic carboxylic acids is 1. The van der Waals surface area contributed by atoms with Crippen LogP contribution in [0.1, 0.15) is 34.3 Å². The second kappa shape index (κ2) is 5.76. The van der Waals surface area contributed by atoms with Gasteiger partial charge in [-0.3, -0.25) is 4.79 Å². The minimum absolute atomic E-state index is 0.0551. The van der Waals surface area contributed by atoms with E-state index in [2.05, 4.69) is 0 Å². The molecule has 2 heterocycles. The van der Waals surface area contributed by atoms with E-state index in [1.807, 2.05) is 0 Å². The van der Waals surface area contributed by atoms with Crippen molar-refractivity contribution >= 4 is 29.3 Å². The number of aliphatic hydroxyl groups is 1. The number of rotatable bonds is 3. The Kier molecular flexibility index (Phi) is 4.25. The molecule has 1 aromatic heterocycles. The molecule has 1 amide bonds. The molecule has 0 aromatic carbocycles. The molecule has 0 spiro atoms. The molecule has 0 atom stereocenters. The molecule has 2 N–H and O–H groups in total. The molecule has 0 saturated carbocycles. The van der Waals surface area contributed by atoms with Crippen LogP contribution >= 0.6 is 11.3 Å². The highest BCUT2D eigenvalue weighted by atomic mass is 32.1. The molecular formula is C14H17NO4S. The van der Waals surface area contributed by atoms with Gasteiger partial charge in [-0.05, 0) is 38.0 Å². The van der Waals surface area contributed by atoms with Gasteiger partial charge in [0.25, 0.3) is 5.91 Å². The van der Waals surface area contributed by atoms with E-state index in [-0.39, 0.29) is 5.91 Å². The summed E-state index contributed by atoms with van der Waals surface area (Å²) in [6.45, 7) is 2.88. The molecule has 2 rings (SSSR count). The number of hydrogen-bond acceptors (Lipinski definition) is 4. The van der Waals surface area contributed by atoms with Crippen LogP contribution in [0.5, 0.6) is 0 Å². The molecule has 1 fully saturated rings. The van der Waals surface area contributed by atoms with Crippen molar-refractivity contribution in [2.24, 2.45) is 0 Å². The van der Waals surface area contributed by atoms with E-state index in [0.29, 0.717) is 30.8 Å². The standard InChI is InChI=1S/C14H17NO4S/c1-14(19)6-8-15(9-7-14)13(18)11-4-2-10(20-11)3-5-12(16)17/h2-5,19H,6-9H2,1H3,(H,16,17)/b5-3+. The van der Waals surface area contributed by atoms with Gasteiger partial charge in [-0.25, -0.2) is 4.79 Å². The van der Waals surface area contributed by atoms with Crippen molar-refractivity contribution in [2.45, 2.75) is 25.4 Å². The predicted octanol–water partition coefficient (Wildman–Crippen LogP) is 1.83. The monoisotopic (exact) mass is 295 g/mol. The van der Waals surface area contributed by atoms with Crippen molar-refractivity contribution in [3.05, 3.63) is 28.0 Å². The maximum atomic E-state index is 12.3. The number of carboxylic acids is 1. The fourth-order valence-electron chi connectivity index (χ4n) is 2.06. The molecule has 1 aromatic rings. The first-order valence-electron chi connectivity index (χ1n) is 6.40. The van der Waals surface area contributed by atoms with Crippen molar-refractivity contribution in [1.29, 1.82) is 0 Å². The van der Waals surface area contributed by atoms with Gasteiger partial charge in [0.1, 0.15) is 0 Å². The number of likely N-dealkylation sites (tertiary alicyclic amines) is 1. The fourth-order valence-corrected chi connectivity index (χ4v) is 2.94. The van der Waals surface area contributed by atoms with E-state index in [1.165, 1.54) is 17.4 Å². The summed E-state index contributed by atoms with van der Waals surface area (Å²) in [5.74, 6) is -1.06. The van der Waals surface area contributed by atoms with Crippen LogP contribution in [-0.4, -0.2) is 45.7 Å². The van der Waals surface area contributed by atoms with Crippen LogP contribution in [0, 0.1) is 0 Å². The quantitative estimate of drug-likeness (QED) is 0.834. The highest BCUT2D eigenvalue weighted by Crippen LogP contribution is 2.25. The molecule has 5 nitrogen and oxygen atoms in total. The SMILES string of the molecule is CC1(O)CCN(C(=O)c2ccc(/C=C/C(=O)O)s2)CC1. The molecule has 0 bridgehead atoms. The lowest BCUT2D eigenvalue weighted by atomic mass is 9.94. The topological polar surface area (TPSA) is 77.8 Å². The van der Waals surface area contributed by atoms with Gasteiger partial charge in [-0.15, -0.1) is 11.3 Å². The second-order valence-electron chi connectivity index (χ2n) is 5.16. The van der Waals surface area contributed by atoms with Crippen LogP contribution in [0.2, 0.25) is 0 Å². The Morgan fingerprint density at radius 3 is 2.60 bits per heavy atom. The summed E-state index contributed by atoms with van der Waals surface area (Å²) in [4.78, 5) is 25.8. The number of amides is 1. The van der Waals surface area contributed by atoms with Crippen LogP contribution in [0.4, 0.5) is 0 Å². The number of thiophene rings is 1. The van der Waals surface area contributed by atoms with Gasteiger partial charge in [0.05, 0.1) is 10.5 Å². The van der Waals surface area contributed by atoms with Crippen molar-refractivity contribution in [1.82, 2.24) is 4.90 Å². The highest BCUT2D eigenvalue weighted by Gasteiger charge is 2.30. The van der Waals surface area contributed by atoms with E-state index in [9.17, 15) is 14.7 Å². The van der Waals surface area contributed by atoms with Crippen molar-refractivity contribution in [2.75, 3.05) is 13.1 Å². The number of carbonyl (C=O) groups excluding carboxylic acids is 1. The number of carboxylic acid groups (broad SMARTS) is 1. The van der Waals surface area contributed by atoms with Crippen LogP contribution in [0.15, 0.2) is 18.2 Å². The van der Waals surface area contributed by atoms with Gasteiger partial charge in [-0.1, -0.05) is 0 Å². The van der Waals surface area contributed by atoms with Gasteiger partial charge < -0.3 is 15.1 Å². The third kappa shape index (κ3) is 3.68. The average Bonchev–Trinajstić information content (AvgIpc) is 2.84. The van der Waals surface area contributed by atoms with Crippen molar-refractivity contribution < 1.29 is 19.8 Å². The highest BCUT2D eigenvalue weighted by molar-refractivity contribution is 7.14. The van der Waals surface area contributed by atoms with Crippen molar-refractivity contribution in [3.63, 3.8) is 0 Å². The van der Waals surface area contributed by atoms with Crippen LogP contribution in [0.25, 0.3) is 6.08 Å². The maximum absolute atomic E-state index is 12.3. The Morgan fingerprint density at radius 1 is 1.35 bits per heavy atom. The van der Waals surface area contributed by atoms with Gasteiger partial charge >= 0.3 is 5.97 Å². The molecule has 1 saturated heterocycles. The van der Waals surface area contributed by atoms with Gasteiger partial charge in [-0.2, -0.15) is 0 Å². The number of nitrogens with zero attached hydrogens (tertiary/aromatic N) is 1. The van der Waals surface area contributed by atoms with Gasteiger partial charge in [0, 0.05) is 24.0 Å². The van der Waals surface area contributed by atoms with E-state index >= 15 is 0 Å². The van der Waals surface area contributed by atoms with Gasteiger partial charge in [0.2, 0.25) is 0 Å². The number of hydrogen-bond donors (Lipinski definition) is 2. The molecule has 1 aliphatic heterocycles. The van der Waals surface area contributed by atoms with E-state index in [4.69, 9.17) is 5.11 Å². The Balaban J connectivity index is 2.01. The molecule has 20 heavy (non-hydrogen) atoms. The summed E-state index contributed by atoms with van der Waals surface area (Å²) >= 11 is 1.27. The summed E-state index contributed by atoms with van der Waals surface area (Å²) in [7, 11) is 0. The largest absolute Gasteiger partial charge is 0.478 e. The third-order valence-corrected chi connectivity index (χ3v) is 4.39. The minimum Gasteiger partial charge on any atom is -0.478 e.